The number of rotatable bonds is 4. The molecule has 176 valence electrons. The summed E-state index contributed by atoms with van der Waals surface area (Å²) in [5, 5.41) is 2.01. The predicted octanol–water partition coefficient (Wildman–Crippen LogP) is 2.27. The number of methoxy groups -OCH3 is 1. The van der Waals surface area contributed by atoms with Crippen LogP contribution in [-0.4, -0.2) is 54.6 Å². The van der Waals surface area contributed by atoms with E-state index in [1.165, 1.54) is 31.6 Å². The number of aromatic nitrogens is 3. The number of carbonyl (C=O) groups is 1. The van der Waals surface area contributed by atoms with Gasteiger partial charge in [0.1, 0.15) is 39.1 Å². The number of amides is 1. The first-order valence-corrected chi connectivity index (χ1v) is 12.0. The van der Waals surface area contributed by atoms with Crippen LogP contribution in [0, 0.1) is 5.82 Å². The number of nitrogens with zero attached hydrogens (tertiary/aromatic N) is 5. The highest BCUT2D eigenvalue weighted by Crippen LogP contribution is 2.46. The normalized spacial score (nSPS) is 28.2. The van der Waals surface area contributed by atoms with Gasteiger partial charge in [-0.1, -0.05) is 0 Å². The Kier molecular flexibility index (Phi) is 5.59. The lowest BCUT2D eigenvalue weighted by atomic mass is 9.89. The lowest BCUT2D eigenvalue weighted by Crippen LogP contribution is -2.60. The number of carbonyl (C=O) groups excluding carboxylic acids is 1. The van der Waals surface area contributed by atoms with Gasteiger partial charge in [0.2, 0.25) is 5.88 Å². The van der Waals surface area contributed by atoms with E-state index in [1.54, 1.807) is 20.8 Å². The highest BCUT2D eigenvalue weighted by atomic mass is 32.2. The number of nitrogens with one attached hydrogen (secondary N) is 1. The summed E-state index contributed by atoms with van der Waals surface area (Å²) in [6.45, 7) is 5.64. The van der Waals surface area contributed by atoms with Gasteiger partial charge in [0.25, 0.3) is 5.91 Å². The fourth-order valence-electron chi connectivity index (χ4n) is 4.23. The van der Waals surface area contributed by atoms with Crippen molar-refractivity contribution in [2.24, 2.45) is 15.1 Å². The van der Waals surface area contributed by atoms with Crippen LogP contribution < -0.4 is 15.8 Å². The Labute approximate surface area is 191 Å². The summed E-state index contributed by atoms with van der Waals surface area (Å²) < 4.78 is 37.6. The second-order valence-electron chi connectivity index (χ2n) is 8.63. The molecular weight excluding hydrogens is 449 g/mol. The molecule has 3 atom stereocenters. The molecule has 12 heteroatoms. The van der Waals surface area contributed by atoms with Gasteiger partial charge in [-0.15, -0.1) is 0 Å². The van der Waals surface area contributed by atoms with Crippen molar-refractivity contribution in [1.82, 2.24) is 15.0 Å². The molecule has 0 saturated heterocycles. The Morgan fingerprint density at radius 1 is 1.27 bits per heavy atom. The zero-order valence-corrected chi connectivity index (χ0v) is 19.6. The molecule has 0 spiro atoms. The number of amidine groups is 1. The monoisotopic (exact) mass is 475 g/mol. The Morgan fingerprint density at radius 3 is 2.70 bits per heavy atom. The molecule has 2 aliphatic rings. The second kappa shape index (κ2) is 8.01. The van der Waals surface area contributed by atoms with Gasteiger partial charge in [-0.3, -0.25) is 9.79 Å². The average molecular weight is 476 g/mol. The van der Waals surface area contributed by atoms with Gasteiger partial charge in [0.15, 0.2) is 0 Å². The van der Waals surface area contributed by atoms with Crippen molar-refractivity contribution in [1.29, 1.82) is 0 Å². The van der Waals surface area contributed by atoms with E-state index in [4.69, 9.17) is 10.5 Å². The fourth-order valence-corrected chi connectivity index (χ4v) is 7.47. The van der Waals surface area contributed by atoms with Gasteiger partial charge >= 0.3 is 0 Å². The van der Waals surface area contributed by atoms with E-state index in [0.717, 1.165) is 0 Å². The van der Waals surface area contributed by atoms with E-state index in [9.17, 15) is 9.00 Å². The molecule has 0 unspecified atom stereocenters. The van der Waals surface area contributed by atoms with Crippen LogP contribution >= 0.6 is 0 Å². The second-order valence-corrected chi connectivity index (χ2v) is 11.6. The van der Waals surface area contributed by atoms with Gasteiger partial charge in [0, 0.05) is 6.54 Å². The summed E-state index contributed by atoms with van der Waals surface area (Å²) in [6.07, 6.45) is 3.81. The first kappa shape index (κ1) is 23.0. The third-order valence-electron chi connectivity index (χ3n) is 6.26. The maximum Gasteiger partial charge on any atom is 0.277 e. The summed E-state index contributed by atoms with van der Waals surface area (Å²) in [5.41, 5.74) is 4.92. The maximum absolute atomic E-state index is 15.1. The SMILES string of the molecule is COc1cnc(C(=O)Nc2ccc(F)c([C@@]3(C)N=C(N)C(C)(C)[S@]4(=O)=NCCC[C@H]34)n2)cn1. The van der Waals surface area contributed by atoms with Crippen LogP contribution in [0.15, 0.2) is 33.9 Å². The molecule has 2 aliphatic heterocycles. The Morgan fingerprint density at radius 2 is 2.03 bits per heavy atom. The Balaban J connectivity index is 1.75. The highest BCUT2D eigenvalue weighted by Gasteiger charge is 2.56. The van der Waals surface area contributed by atoms with E-state index >= 15 is 4.39 Å². The number of nitrogens with two attached hydrogens (primary N) is 1. The van der Waals surface area contributed by atoms with Crippen molar-refractivity contribution in [2.75, 3.05) is 19.0 Å². The van der Waals surface area contributed by atoms with Crippen molar-refractivity contribution in [3.8, 4) is 5.88 Å². The third-order valence-corrected chi connectivity index (χ3v) is 9.96. The van der Waals surface area contributed by atoms with Crippen LogP contribution in [0.2, 0.25) is 0 Å². The molecule has 2 aromatic heterocycles. The minimum Gasteiger partial charge on any atom is -0.480 e. The third kappa shape index (κ3) is 3.62. The molecule has 0 aromatic carbocycles. The maximum atomic E-state index is 15.1. The summed E-state index contributed by atoms with van der Waals surface area (Å²) in [5.74, 6) is -0.721. The standard InChI is InChI=1S/C21H26FN7O3S/c1-20(2)19(23)29-21(3,14-6-5-9-26-33(14,20)31)17-12(22)7-8-15(27-17)28-18(30)13-10-25-16(32-4)11-24-13/h7-8,10-11,14H,5-6,9H2,1-4H3,(H2,23,29)(H,27,28,30)/t14-,21+,33+/m1/s1. The lowest BCUT2D eigenvalue weighted by molar-refractivity contribution is 0.102. The topological polar surface area (TPSA) is 145 Å². The molecule has 1 amide bonds. The van der Waals surface area contributed by atoms with Crippen molar-refractivity contribution in [3.05, 3.63) is 41.7 Å². The first-order chi connectivity index (χ1) is 15.5. The van der Waals surface area contributed by atoms with Gasteiger partial charge in [-0.05, 0) is 45.7 Å². The molecule has 10 nitrogen and oxygen atoms in total. The molecule has 0 fully saturated rings. The first-order valence-electron chi connectivity index (χ1n) is 10.4. The molecule has 4 rings (SSSR count). The van der Waals surface area contributed by atoms with Crippen molar-refractivity contribution < 1.29 is 18.1 Å². The number of aliphatic imine (C=N–C) groups is 1. The van der Waals surface area contributed by atoms with E-state index in [0.29, 0.717) is 19.4 Å². The van der Waals surface area contributed by atoms with Gasteiger partial charge < -0.3 is 15.8 Å². The smallest absolute Gasteiger partial charge is 0.277 e. The van der Waals surface area contributed by atoms with Crippen molar-refractivity contribution >= 4 is 27.3 Å². The summed E-state index contributed by atoms with van der Waals surface area (Å²) in [6, 6.07) is 2.52. The van der Waals surface area contributed by atoms with Crippen LogP contribution in [0.3, 0.4) is 0 Å². The summed E-state index contributed by atoms with van der Waals surface area (Å²) in [4.78, 5) is 29.5. The minimum absolute atomic E-state index is 0.0328. The molecule has 0 bridgehead atoms. The van der Waals surface area contributed by atoms with Crippen LogP contribution in [0.1, 0.15) is 49.8 Å². The molecule has 33 heavy (non-hydrogen) atoms. The number of ether oxygens (including phenoxy) is 1. The number of hydrogen-bond donors (Lipinski definition) is 2. The van der Waals surface area contributed by atoms with Crippen molar-refractivity contribution in [3.63, 3.8) is 0 Å². The zero-order chi connectivity index (χ0) is 24.0. The summed E-state index contributed by atoms with van der Waals surface area (Å²) >= 11 is 0. The molecule has 4 heterocycles. The van der Waals surface area contributed by atoms with E-state index in [-0.39, 0.29) is 28.9 Å². The lowest BCUT2D eigenvalue weighted by Gasteiger charge is -2.47. The van der Waals surface area contributed by atoms with Gasteiger partial charge in [-0.2, -0.15) is 0 Å². The molecule has 2 aromatic rings. The fraction of sp³-hybridized carbons (Fsp3) is 0.476. The molecule has 0 radical (unpaired) electrons. The average Bonchev–Trinajstić information content (AvgIpc) is 2.79. The van der Waals surface area contributed by atoms with Crippen LogP contribution in [0.4, 0.5) is 10.2 Å². The van der Waals surface area contributed by atoms with Crippen molar-refractivity contribution in [2.45, 2.75) is 49.1 Å². The van der Waals surface area contributed by atoms with Gasteiger partial charge in [0.05, 0.1) is 34.5 Å². The number of pyridine rings is 1. The minimum atomic E-state index is -2.87. The van der Waals surface area contributed by atoms with Crippen LogP contribution in [-0.2, 0) is 15.3 Å². The highest BCUT2D eigenvalue weighted by molar-refractivity contribution is 7.96. The van der Waals surface area contributed by atoms with E-state index in [1.807, 2.05) is 0 Å². The predicted molar refractivity (Wildman–Crippen MR) is 122 cm³/mol. The molecular formula is C21H26FN7O3S. The number of fused-ring (bicyclic) bond motifs is 1. The van der Waals surface area contributed by atoms with E-state index < -0.39 is 37.0 Å². The molecule has 0 saturated carbocycles. The zero-order valence-electron chi connectivity index (χ0n) is 18.8. The Bertz CT molecular complexity index is 1260. The Hall–Kier alpha value is -3.15. The number of anilines is 1. The number of hydrogen-bond acceptors (Lipinski definition) is 9. The summed E-state index contributed by atoms with van der Waals surface area (Å²) in [7, 11) is -1.43. The molecule has 0 aliphatic carbocycles. The van der Waals surface area contributed by atoms with E-state index in [2.05, 4.69) is 29.6 Å². The number of halogens is 1. The van der Waals surface area contributed by atoms with Gasteiger partial charge in [-0.25, -0.2) is 27.9 Å². The molecule has 3 N–H and O–H groups in total. The van der Waals surface area contributed by atoms with Crippen LogP contribution in [0.25, 0.3) is 0 Å². The quantitative estimate of drug-likeness (QED) is 0.690. The largest absolute Gasteiger partial charge is 0.480 e. The van der Waals surface area contributed by atoms with Crippen LogP contribution in [0.5, 0.6) is 5.88 Å².